The number of nitrogens with one attached hydrogen (secondary N) is 3. The van der Waals surface area contributed by atoms with Crippen molar-refractivity contribution in [1.29, 1.82) is 0 Å². The van der Waals surface area contributed by atoms with Gasteiger partial charge >= 0.3 is 0 Å². The molecule has 0 aromatic heterocycles. The van der Waals surface area contributed by atoms with Gasteiger partial charge in [-0.3, -0.25) is 9.79 Å². The van der Waals surface area contributed by atoms with Crippen LogP contribution < -0.4 is 20.7 Å². The fourth-order valence-electron chi connectivity index (χ4n) is 2.36. The number of benzene rings is 2. The van der Waals surface area contributed by atoms with Crippen LogP contribution in [0.4, 0.5) is 10.1 Å². The molecule has 8 heteroatoms. The summed E-state index contributed by atoms with van der Waals surface area (Å²) in [6, 6.07) is 12.3. The van der Waals surface area contributed by atoms with Crippen molar-refractivity contribution >= 4 is 41.5 Å². The van der Waals surface area contributed by atoms with Gasteiger partial charge in [-0.05, 0) is 36.2 Å². The Hall–Kier alpha value is -2.36. The Morgan fingerprint density at radius 2 is 1.96 bits per heavy atom. The summed E-state index contributed by atoms with van der Waals surface area (Å²) in [4.78, 5) is 15.2. The summed E-state index contributed by atoms with van der Waals surface area (Å²) in [5, 5.41) is 8.98. The number of halogens is 2. The van der Waals surface area contributed by atoms with E-state index < -0.39 is 0 Å². The number of hydrogen-bond acceptors (Lipinski definition) is 3. The van der Waals surface area contributed by atoms with Gasteiger partial charge in [0.05, 0.1) is 6.54 Å². The van der Waals surface area contributed by atoms with Crippen LogP contribution in [0.1, 0.15) is 18.1 Å². The number of carbonyl (C=O) groups excluding carboxylic acids is 1. The summed E-state index contributed by atoms with van der Waals surface area (Å²) >= 11 is 0. The van der Waals surface area contributed by atoms with Crippen molar-refractivity contribution in [3.05, 3.63) is 59.4 Å². The first-order valence-electron chi connectivity index (χ1n) is 8.68. The van der Waals surface area contributed by atoms with Crippen LogP contribution >= 0.6 is 24.0 Å². The second kappa shape index (κ2) is 12.2. The minimum absolute atomic E-state index is 0. The molecule has 6 nitrogen and oxygen atoms in total. The number of aryl methyl sites for hydroxylation is 1. The molecule has 0 radical (unpaired) electrons. The predicted octanol–water partition coefficient (Wildman–Crippen LogP) is 3.45. The van der Waals surface area contributed by atoms with Crippen molar-refractivity contribution in [1.82, 2.24) is 10.6 Å². The van der Waals surface area contributed by atoms with Crippen LogP contribution in [0.2, 0.25) is 0 Å². The highest BCUT2D eigenvalue weighted by molar-refractivity contribution is 14.0. The topological polar surface area (TPSA) is 74.8 Å². The van der Waals surface area contributed by atoms with Crippen molar-refractivity contribution < 1.29 is 13.9 Å². The molecular weight excluding hydrogens is 474 g/mol. The van der Waals surface area contributed by atoms with Crippen LogP contribution in [0.25, 0.3) is 0 Å². The second-order valence-corrected chi connectivity index (χ2v) is 5.99. The molecule has 0 unspecified atom stereocenters. The van der Waals surface area contributed by atoms with Gasteiger partial charge in [0.1, 0.15) is 18.2 Å². The van der Waals surface area contributed by atoms with E-state index in [4.69, 9.17) is 4.74 Å². The van der Waals surface area contributed by atoms with Gasteiger partial charge in [-0.2, -0.15) is 0 Å². The van der Waals surface area contributed by atoms with E-state index in [1.807, 2.05) is 18.2 Å². The van der Waals surface area contributed by atoms with Gasteiger partial charge in [-0.1, -0.05) is 18.2 Å². The molecule has 0 bridgehead atoms. The SMILES string of the molecule is CN=C(NCCOc1cccc(NC(C)=O)c1)NCc1ccc(C)c(F)c1.I. The largest absolute Gasteiger partial charge is 0.492 e. The molecule has 2 rings (SSSR count). The standard InChI is InChI=1S/C20H25FN4O2.HI/c1-14-7-8-16(11-19(14)21)13-24-20(22-3)23-9-10-27-18-6-4-5-17(12-18)25-15(2)26;/h4-8,11-12H,9-10,13H2,1-3H3,(H,25,26)(H2,22,23,24);1H. The summed E-state index contributed by atoms with van der Waals surface area (Å²) in [6.07, 6.45) is 0. The minimum atomic E-state index is -0.216. The number of anilines is 1. The summed E-state index contributed by atoms with van der Waals surface area (Å²) in [5.41, 5.74) is 2.16. The lowest BCUT2D eigenvalue weighted by Gasteiger charge is -2.13. The number of carbonyl (C=O) groups is 1. The Balaban J connectivity index is 0.00000392. The molecule has 0 fully saturated rings. The Bertz CT molecular complexity index is 815. The Morgan fingerprint density at radius 1 is 1.18 bits per heavy atom. The molecule has 0 aliphatic rings. The first-order valence-corrected chi connectivity index (χ1v) is 8.68. The lowest BCUT2D eigenvalue weighted by atomic mass is 10.1. The highest BCUT2D eigenvalue weighted by Crippen LogP contribution is 2.17. The van der Waals surface area contributed by atoms with E-state index in [0.29, 0.717) is 42.7 Å². The van der Waals surface area contributed by atoms with Crippen LogP contribution in [-0.4, -0.2) is 32.1 Å². The lowest BCUT2D eigenvalue weighted by Crippen LogP contribution is -2.38. The molecule has 0 saturated carbocycles. The fourth-order valence-corrected chi connectivity index (χ4v) is 2.36. The molecule has 28 heavy (non-hydrogen) atoms. The van der Waals surface area contributed by atoms with E-state index in [-0.39, 0.29) is 35.7 Å². The van der Waals surface area contributed by atoms with Crippen molar-refractivity contribution in [3.63, 3.8) is 0 Å². The third-order valence-electron chi connectivity index (χ3n) is 3.74. The predicted molar refractivity (Wildman–Crippen MR) is 121 cm³/mol. The van der Waals surface area contributed by atoms with Crippen molar-refractivity contribution in [3.8, 4) is 5.75 Å². The molecule has 0 atom stereocenters. The molecular formula is C20H26FIN4O2. The molecule has 0 saturated heterocycles. The van der Waals surface area contributed by atoms with Crippen molar-refractivity contribution in [2.45, 2.75) is 20.4 Å². The number of hydrogen-bond donors (Lipinski definition) is 3. The fraction of sp³-hybridized carbons (Fsp3) is 0.300. The van der Waals surface area contributed by atoms with Gasteiger partial charge in [0.15, 0.2) is 5.96 Å². The van der Waals surface area contributed by atoms with E-state index in [1.165, 1.54) is 13.0 Å². The zero-order valence-corrected chi connectivity index (χ0v) is 18.5. The first-order chi connectivity index (χ1) is 13.0. The van der Waals surface area contributed by atoms with Gasteiger partial charge < -0.3 is 20.7 Å². The molecule has 0 aliphatic carbocycles. The molecule has 1 amide bonds. The Labute approximate surface area is 182 Å². The Kier molecular flexibility index (Phi) is 10.3. The van der Waals surface area contributed by atoms with Crippen LogP contribution in [0.15, 0.2) is 47.5 Å². The van der Waals surface area contributed by atoms with E-state index in [9.17, 15) is 9.18 Å². The smallest absolute Gasteiger partial charge is 0.221 e. The first kappa shape index (κ1) is 23.7. The van der Waals surface area contributed by atoms with E-state index in [2.05, 4.69) is 20.9 Å². The third-order valence-corrected chi connectivity index (χ3v) is 3.74. The number of ether oxygens (including phenoxy) is 1. The zero-order valence-electron chi connectivity index (χ0n) is 16.2. The zero-order chi connectivity index (χ0) is 19.6. The number of amides is 1. The van der Waals surface area contributed by atoms with Gasteiger partial charge in [0.2, 0.25) is 5.91 Å². The van der Waals surface area contributed by atoms with E-state index in [1.54, 1.807) is 32.2 Å². The van der Waals surface area contributed by atoms with Gasteiger partial charge in [0.25, 0.3) is 0 Å². The average Bonchev–Trinajstić information content (AvgIpc) is 2.63. The molecule has 2 aromatic carbocycles. The number of rotatable bonds is 7. The minimum Gasteiger partial charge on any atom is -0.492 e. The molecule has 0 spiro atoms. The summed E-state index contributed by atoms with van der Waals surface area (Å²) < 4.78 is 19.2. The maximum Gasteiger partial charge on any atom is 0.221 e. The molecule has 0 heterocycles. The molecule has 0 aliphatic heterocycles. The summed E-state index contributed by atoms with van der Waals surface area (Å²) in [6.45, 7) is 4.62. The van der Waals surface area contributed by atoms with Crippen LogP contribution in [0, 0.1) is 12.7 Å². The molecule has 2 aromatic rings. The number of nitrogens with zero attached hydrogens (tertiary/aromatic N) is 1. The maximum atomic E-state index is 13.6. The number of guanidine groups is 1. The van der Waals surface area contributed by atoms with E-state index >= 15 is 0 Å². The van der Waals surface area contributed by atoms with Crippen LogP contribution in [0.5, 0.6) is 5.75 Å². The second-order valence-electron chi connectivity index (χ2n) is 5.99. The summed E-state index contributed by atoms with van der Waals surface area (Å²) in [7, 11) is 1.67. The maximum absolute atomic E-state index is 13.6. The van der Waals surface area contributed by atoms with Crippen molar-refractivity contribution in [2.24, 2.45) is 4.99 Å². The monoisotopic (exact) mass is 500 g/mol. The third kappa shape index (κ3) is 8.12. The van der Waals surface area contributed by atoms with Gasteiger partial charge in [-0.25, -0.2) is 4.39 Å². The lowest BCUT2D eigenvalue weighted by molar-refractivity contribution is -0.114. The van der Waals surface area contributed by atoms with Gasteiger partial charge in [0, 0.05) is 32.3 Å². The quantitative estimate of drug-likeness (QED) is 0.236. The molecule has 3 N–H and O–H groups in total. The van der Waals surface area contributed by atoms with Gasteiger partial charge in [-0.15, -0.1) is 24.0 Å². The number of aliphatic imine (C=N–C) groups is 1. The summed E-state index contributed by atoms with van der Waals surface area (Å²) in [5.74, 6) is 0.928. The normalized spacial score (nSPS) is 10.6. The molecule has 152 valence electrons. The van der Waals surface area contributed by atoms with E-state index in [0.717, 1.165) is 5.56 Å². The Morgan fingerprint density at radius 3 is 2.64 bits per heavy atom. The highest BCUT2D eigenvalue weighted by Gasteiger charge is 2.02. The van der Waals surface area contributed by atoms with Crippen LogP contribution in [-0.2, 0) is 11.3 Å². The van der Waals surface area contributed by atoms with Crippen molar-refractivity contribution in [2.75, 3.05) is 25.5 Å². The average molecular weight is 500 g/mol. The van der Waals surface area contributed by atoms with Crippen LogP contribution in [0.3, 0.4) is 0 Å². The highest BCUT2D eigenvalue weighted by atomic mass is 127.